The lowest BCUT2D eigenvalue weighted by molar-refractivity contribution is 0.595. The van der Waals surface area contributed by atoms with Crippen LogP contribution in [-0.2, 0) is 15.6 Å². The van der Waals surface area contributed by atoms with E-state index < -0.39 is 9.84 Å². The van der Waals surface area contributed by atoms with Crippen LogP contribution in [0.2, 0.25) is 0 Å². The Labute approximate surface area is 114 Å². The number of benzene rings is 1. The van der Waals surface area contributed by atoms with E-state index in [9.17, 15) is 8.42 Å². The van der Waals surface area contributed by atoms with Gasteiger partial charge in [-0.15, -0.1) is 0 Å². The van der Waals surface area contributed by atoms with Crippen LogP contribution >= 0.6 is 15.9 Å². The van der Waals surface area contributed by atoms with Gasteiger partial charge in [0.25, 0.3) is 0 Å². The molecule has 0 atom stereocenters. The molecule has 1 heterocycles. The minimum atomic E-state index is -3.46. The van der Waals surface area contributed by atoms with Gasteiger partial charge < -0.3 is 5.73 Å². The summed E-state index contributed by atoms with van der Waals surface area (Å²) in [5.41, 5.74) is 6.60. The van der Waals surface area contributed by atoms with Crippen LogP contribution in [0.3, 0.4) is 0 Å². The molecule has 2 rings (SSSR count). The van der Waals surface area contributed by atoms with Crippen molar-refractivity contribution in [3.05, 3.63) is 52.8 Å². The Hall–Kier alpha value is -1.40. The molecule has 0 saturated heterocycles. The highest BCUT2D eigenvalue weighted by molar-refractivity contribution is 9.10. The maximum atomic E-state index is 12.2. The van der Waals surface area contributed by atoms with Crippen LogP contribution in [0.4, 0.5) is 5.69 Å². The van der Waals surface area contributed by atoms with E-state index in [2.05, 4.69) is 20.9 Å². The quantitative estimate of drug-likeness (QED) is 0.879. The Morgan fingerprint density at radius 2 is 2.06 bits per heavy atom. The molecule has 6 heteroatoms. The van der Waals surface area contributed by atoms with E-state index in [1.54, 1.807) is 30.5 Å². The van der Waals surface area contributed by atoms with Crippen molar-refractivity contribution in [1.29, 1.82) is 0 Å². The summed E-state index contributed by atoms with van der Waals surface area (Å²) in [5.74, 6) is -0.110. The van der Waals surface area contributed by atoms with Crippen LogP contribution in [0, 0.1) is 0 Å². The number of hydrogen-bond donors (Lipinski definition) is 1. The molecule has 1 aromatic heterocycles. The fourth-order valence-corrected chi connectivity index (χ4v) is 3.57. The number of hydrogen-bond acceptors (Lipinski definition) is 4. The van der Waals surface area contributed by atoms with Crippen LogP contribution in [-0.4, -0.2) is 13.4 Å². The molecule has 0 radical (unpaired) electrons. The van der Waals surface area contributed by atoms with Crippen molar-refractivity contribution < 1.29 is 8.42 Å². The van der Waals surface area contributed by atoms with E-state index in [4.69, 9.17) is 5.73 Å². The smallest absolute Gasteiger partial charge is 0.184 e. The van der Waals surface area contributed by atoms with Gasteiger partial charge in [0.05, 0.1) is 16.3 Å². The molecule has 18 heavy (non-hydrogen) atoms. The lowest BCUT2D eigenvalue weighted by Gasteiger charge is -2.07. The average molecular weight is 327 g/mol. The number of nitrogen functional groups attached to an aromatic ring is 1. The average Bonchev–Trinajstić information content (AvgIpc) is 2.33. The third kappa shape index (κ3) is 2.88. The number of halogens is 1. The zero-order valence-electron chi connectivity index (χ0n) is 9.38. The Bertz CT molecular complexity index is 657. The van der Waals surface area contributed by atoms with Gasteiger partial charge >= 0.3 is 0 Å². The van der Waals surface area contributed by atoms with Gasteiger partial charge in [-0.2, -0.15) is 0 Å². The number of pyridine rings is 1. The Kier molecular flexibility index (Phi) is 3.68. The van der Waals surface area contributed by atoms with E-state index >= 15 is 0 Å². The first-order chi connectivity index (χ1) is 8.49. The molecule has 0 aliphatic heterocycles. The fraction of sp³-hybridized carbons (Fsp3) is 0.0833. The van der Waals surface area contributed by atoms with Gasteiger partial charge in [0, 0.05) is 16.9 Å². The van der Waals surface area contributed by atoms with E-state index in [1.807, 2.05) is 0 Å². The summed E-state index contributed by atoms with van der Waals surface area (Å²) in [6.45, 7) is 0. The summed E-state index contributed by atoms with van der Waals surface area (Å²) in [6, 6.07) is 8.22. The molecule has 1 aromatic carbocycles. The molecule has 0 unspecified atom stereocenters. The number of anilines is 1. The maximum absolute atomic E-state index is 12.2. The largest absolute Gasteiger partial charge is 0.398 e. The van der Waals surface area contributed by atoms with Gasteiger partial charge in [-0.3, -0.25) is 4.98 Å². The standard InChI is InChI=1S/C12H11BrN2O2S/c13-10-3-4-11(14)12(6-10)18(16,17)8-9-2-1-5-15-7-9/h1-7H,8,14H2. The minimum absolute atomic E-state index is 0.110. The monoisotopic (exact) mass is 326 g/mol. The third-order valence-corrected chi connectivity index (χ3v) is 4.62. The van der Waals surface area contributed by atoms with Crippen molar-refractivity contribution in [3.63, 3.8) is 0 Å². The number of aromatic nitrogens is 1. The third-order valence-electron chi connectivity index (χ3n) is 2.39. The van der Waals surface area contributed by atoms with Crippen molar-refractivity contribution in [1.82, 2.24) is 4.98 Å². The summed E-state index contributed by atoms with van der Waals surface area (Å²) in [5, 5.41) is 0. The lowest BCUT2D eigenvalue weighted by atomic mass is 10.3. The molecule has 94 valence electrons. The SMILES string of the molecule is Nc1ccc(Br)cc1S(=O)(=O)Cc1cccnc1. The van der Waals surface area contributed by atoms with E-state index in [1.165, 1.54) is 12.3 Å². The van der Waals surface area contributed by atoms with Crippen molar-refractivity contribution in [2.45, 2.75) is 10.6 Å². The highest BCUT2D eigenvalue weighted by Gasteiger charge is 2.18. The van der Waals surface area contributed by atoms with E-state index in [-0.39, 0.29) is 16.3 Å². The Balaban J connectivity index is 2.40. The number of nitrogens with zero attached hydrogens (tertiary/aromatic N) is 1. The molecule has 0 fully saturated rings. The summed E-state index contributed by atoms with van der Waals surface area (Å²) >= 11 is 3.24. The molecule has 4 nitrogen and oxygen atoms in total. The second kappa shape index (κ2) is 5.07. The summed E-state index contributed by atoms with van der Waals surface area (Å²) < 4.78 is 25.2. The molecule has 0 saturated carbocycles. The molecule has 2 N–H and O–H groups in total. The zero-order chi connectivity index (χ0) is 13.2. The summed E-state index contributed by atoms with van der Waals surface area (Å²) in [4.78, 5) is 4.04. The first kappa shape index (κ1) is 13.0. The first-order valence-corrected chi connectivity index (χ1v) is 7.60. The molecular formula is C12H11BrN2O2S. The van der Waals surface area contributed by atoms with E-state index in [0.717, 1.165) is 0 Å². The molecule has 0 bridgehead atoms. The van der Waals surface area contributed by atoms with Crippen LogP contribution in [0.15, 0.2) is 52.1 Å². The second-order valence-corrected chi connectivity index (χ2v) is 6.68. The van der Waals surface area contributed by atoms with E-state index in [0.29, 0.717) is 10.0 Å². The fourth-order valence-electron chi connectivity index (χ4n) is 1.56. The van der Waals surface area contributed by atoms with Gasteiger partial charge in [0.15, 0.2) is 9.84 Å². The molecule has 0 spiro atoms. The second-order valence-electron chi connectivity index (χ2n) is 3.80. The molecular weight excluding hydrogens is 316 g/mol. The predicted octanol–water partition coefficient (Wildman–Crippen LogP) is 2.40. The molecule has 0 amide bonds. The Morgan fingerprint density at radius 1 is 1.28 bits per heavy atom. The predicted molar refractivity (Wildman–Crippen MR) is 73.7 cm³/mol. The minimum Gasteiger partial charge on any atom is -0.398 e. The summed E-state index contributed by atoms with van der Waals surface area (Å²) in [6.07, 6.45) is 3.13. The van der Waals surface area contributed by atoms with Crippen molar-refractivity contribution in [3.8, 4) is 0 Å². The number of nitrogens with two attached hydrogens (primary N) is 1. The number of sulfone groups is 1. The zero-order valence-corrected chi connectivity index (χ0v) is 11.8. The van der Waals surface area contributed by atoms with Gasteiger partial charge in [0.2, 0.25) is 0 Å². The molecule has 0 aliphatic rings. The topological polar surface area (TPSA) is 73.1 Å². The van der Waals surface area contributed by atoms with Crippen LogP contribution in [0.1, 0.15) is 5.56 Å². The highest BCUT2D eigenvalue weighted by Crippen LogP contribution is 2.25. The van der Waals surface area contributed by atoms with Gasteiger partial charge in [-0.25, -0.2) is 8.42 Å². The van der Waals surface area contributed by atoms with Crippen molar-refractivity contribution in [2.75, 3.05) is 5.73 Å². The normalized spacial score (nSPS) is 11.4. The van der Waals surface area contributed by atoms with Crippen molar-refractivity contribution in [2.24, 2.45) is 0 Å². The van der Waals surface area contributed by atoms with Gasteiger partial charge in [-0.1, -0.05) is 22.0 Å². The van der Waals surface area contributed by atoms with Crippen LogP contribution in [0.5, 0.6) is 0 Å². The van der Waals surface area contributed by atoms with Gasteiger partial charge in [-0.05, 0) is 29.8 Å². The van der Waals surface area contributed by atoms with Crippen molar-refractivity contribution >= 4 is 31.5 Å². The van der Waals surface area contributed by atoms with Gasteiger partial charge in [0.1, 0.15) is 0 Å². The maximum Gasteiger partial charge on any atom is 0.184 e. The number of rotatable bonds is 3. The first-order valence-electron chi connectivity index (χ1n) is 5.16. The molecule has 0 aliphatic carbocycles. The highest BCUT2D eigenvalue weighted by atomic mass is 79.9. The summed E-state index contributed by atoms with van der Waals surface area (Å²) in [7, 11) is -3.46. The Morgan fingerprint density at radius 3 is 2.72 bits per heavy atom. The van der Waals surface area contributed by atoms with Crippen LogP contribution < -0.4 is 5.73 Å². The van der Waals surface area contributed by atoms with Crippen LogP contribution in [0.25, 0.3) is 0 Å². The lowest BCUT2D eigenvalue weighted by Crippen LogP contribution is -2.08. The molecule has 2 aromatic rings.